The molecule has 1 saturated heterocycles. The first kappa shape index (κ1) is 20.1. The second-order valence-electron chi connectivity index (χ2n) is 7.34. The number of nitrogens with one attached hydrogen (secondary N) is 3. The zero-order valence-corrected chi connectivity index (χ0v) is 16.5. The Balaban J connectivity index is 1.44. The zero-order chi connectivity index (χ0) is 22.0. The lowest BCUT2D eigenvalue weighted by molar-refractivity contribution is -0.136. The van der Waals surface area contributed by atoms with Gasteiger partial charge in [-0.2, -0.15) is 5.26 Å². The van der Waals surface area contributed by atoms with Crippen LogP contribution >= 0.6 is 0 Å². The smallest absolute Gasteiger partial charge is 0.319 e. The number of rotatable bonds is 4. The lowest BCUT2D eigenvalue weighted by Crippen LogP contribution is -2.52. The third-order valence-corrected chi connectivity index (χ3v) is 5.37. The fourth-order valence-electron chi connectivity index (χ4n) is 3.83. The minimum Gasteiger partial charge on any atom is -0.334 e. The van der Waals surface area contributed by atoms with Crippen molar-refractivity contribution in [3.8, 4) is 6.07 Å². The number of carbonyl (C=O) groups is 4. The maximum absolute atomic E-state index is 12.8. The van der Waals surface area contributed by atoms with Crippen LogP contribution in [0, 0.1) is 11.3 Å². The summed E-state index contributed by atoms with van der Waals surface area (Å²) < 4.78 is 0. The molecule has 0 aliphatic carbocycles. The average Bonchev–Trinajstić information content (AvgIpc) is 3.09. The van der Waals surface area contributed by atoms with Crippen LogP contribution in [-0.2, 0) is 22.7 Å². The summed E-state index contributed by atoms with van der Waals surface area (Å²) in [6.07, 6.45) is 0.486. The second-order valence-corrected chi connectivity index (χ2v) is 7.34. The molecule has 3 N–H and O–H groups in total. The fourth-order valence-corrected chi connectivity index (χ4v) is 3.83. The number of fused-ring (bicyclic) bond motifs is 1. The molecule has 0 saturated carbocycles. The van der Waals surface area contributed by atoms with Crippen LogP contribution in [-0.4, -0.2) is 34.7 Å². The summed E-state index contributed by atoms with van der Waals surface area (Å²) in [7, 11) is 0. The standard InChI is InChI=1S/C22H19N5O4/c23-10-13-3-1-5-15(9-13)25-22(31)24-11-14-4-2-6-16-17(14)12-27(21(16)30)18-7-8-19(28)26-20(18)29/h1-6,9,18H,7-8,11-12H2,(H2,24,25,31)(H,26,28,29). The quantitative estimate of drug-likeness (QED) is 0.651. The topological polar surface area (TPSA) is 131 Å². The van der Waals surface area contributed by atoms with Gasteiger partial charge in [-0.25, -0.2) is 4.79 Å². The van der Waals surface area contributed by atoms with E-state index in [1.807, 2.05) is 12.1 Å². The van der Waals surface area contributed by atoms with Gasteiger partial charge in [-0.3, -0.25) is 19.7 Å². The summed E-state index contributed by atoms with van der Waals surface area (Å²) in [5.41, 5.74) is 2.94. The third-order valence-electron chi connectivity index (χ3n) is 5.37. The van der Waals surface area contributed by atoms with Gasteiger partial charge < -0.3 is 15.5 Å². The van der Waals surface area contributed by atoms with Crippen molar-refractivity contribution < 1.29 is 19.2 Å². The second kappa shape index (κ2) is 8.28. The largest absolute Gasteiger partial charge is 0.334 e. The number of hydrogen-bond acceptors (Lipinski definition) is 5. The van der Waals surface area contributed by atoms with Gasteiger partial charge in [0, 0.05) is 30.8 Å². The Bertz CT molecular complexity index is 1140. The zero-order valence-electron chi connectivity index (χ0n) is 16.5. The summed E-state index contributed by atoms with van der Waals surface area (Å²) in [5, 5.41) is 16.7. The molecule has 1 fully saturated rings. The van der Waals surface area contributed by atoms with Crippen LogP contribution in [0.25, 0.3) is 0 Å². The first-order valence-corrected chi connectivity index (χ1v) is 9.76. The molecule has 31 heavy (non-hydrogen) atoms. The van der Waals surface area contributed by atoms with Gasteiger partial charge >= 0.3 is 6.03 Å². The number of piperidine rings is 1. The Morgan fingerprint density at radius 1 is 1.19 bits per heavy atom. The van der Waals surface area contributed by atoms with Crippen LogP contribution in [0.15, 0.2) is 42.5 Å². The molecule has 2 aliphatic rings. The van der Waals surface area contributed by atoms with E-state index >= 15 is 0 Å². The van der Waals surface area contributed by atoms with Gasteiger partial charge in [0.15, 0.2) is 0 Å². The van der Waals surface area contributed by atoms with Crippen LogP contribution in [0.3, 0.4) is 0 Å². The number of amides is 5. The van der Waals surface area contributed by atoms with Crippen molar-refractivity contribution in [2.45, 2.75) is 32.0 Å². The molecule has 1 unspecified atom stereocenters. The van der Waals surface area contributed by atoms with E-state index in [0.29, 0.717) is 23.2 Å². The number of hydrogen-bond donors (Lipinski definition) is 3. The number of imide groups is 1. The van der Waals surface area contributed by atoms with Crippen molar-refractivity contribution >= 4 is 29.4 Å². The molecule has 4 rings (SSSR count). The fraction of sp³-hybridized carbons (Fsp3) is 0.227. The molecular weight excluding hydrogens is 398 g/mol. The molecule has 156 valence electrons. The van der Waals surface area contributed by atoms with Gasteiger partial charge in [-0.05, 0) is 41.8 Å². The lowest BCUT2D eigenvalue weighted by atomic mass is 10.0. The van der Waals surface area contributed by atoms with Gasteiger partial charge in [0.2, 0.25) is 11.8 Å². The lowest BCUT2D eigenvalue weighted by Gasteiger charge is -2.29. The minimum absolute atomic E-state index is 0.184. The normalized spacial score (nSPS) is 17.6. The summed E-state index contributed by atoms with van der Waals surface area (Å²) >= 11 is 0. The third kappa shape index (κ3) is 4.09. The van der Waals surface area contributed by atoms with Gasteiger partial charge in [0.25, 0.3) is 5.91 Å². The number of anilines is 1. The highest BCUT2D eigenvalue weighted by Gasteiger charge is 2.39. The summed E-state index contributed by atoms with van der Waals surface area (Å²) in [6, 6.07) is 12.7. The molecule has 9 heteroatoms. The Kier molecular flexibility index (Phi) is 5.37. The molecule has 0 radical (unpaired) electrons. The molecule has 5 amide bonds. The molecule has 2 heterocycles. The van der Waals surface area contributed by atoms with Crippen molar-refractivity contribution in [3.63, 3.8) is 0 Å². The first-order valence-electron chi connectivity index (χ1n) is 9.76. The van der Waals surface area contributed by atoms with E-state index in [4.69, 9.17) is 5.26 Å². The molecule has 0 aromatic heterocycles. The van der Waals surface area contributed by atoms with Crippen molar-refractivity contribution in [1.82, 2.24) is 15.5 Å². The number of nitrogens with zero attached hydrogens (tertiary/aromatic N) is 2. The predicted molar refractivity (Wildman–Crippen MR) is 110 cm³/mol. The van der Waals surface area contributed by atoms with Gasteiger partial charge in [0.1, 0.15) is 6.04 Å². The molecular formula is C22H19N5O4. The van der Waals surface area contributed by atoms with Crippen molar-refractivity contribution in [2.24, 2.45) is 0 Å². The van der Waals surface area contributed by atoms with E-state index in [9.17, 15) is 19.2 Å². The van der Waals surface area contributed by atoms with Gasteiger partial charge in [-0.1, -0.05) is 18.2 Å². The number of nitriles is 1. The van der Waals surface area contributed by atoms with Crippen LogP contribution in [0.4, 0.5) is 10.5 Å². The van der Waals surface area contributed by atoms with E-state index in [1.54, 1.807) is 36.4 Å². The van der Waals surface area contributed by atoms with Crippen molar-refractivity contribution in [2.75, 3.05) is 5.32 Å². The Labute approximate surface area is 178 Å². The molecule has 0 spiro atoms. The Hall–Kier alpha value is -4.19. The monoisotopic (exact) mass is 417 g/mol. The summed E-state index contributed by atoms with van der Waals surface area (Å²) in [6.45, 7) is 0.424. The highest BCUT2D eigenvalue weighted by Crippen LogP contribution is 2.29. The van der Waals surface area contributed by atoms with Crippen LogP contribution in [0.2, 0.25) is 0 Å². The summed E-state index contributed by atoms with van der Waals surface area (Å²) in [4.78, 5) is 50.2. The van der Waals surface area contributed by atoms with Gasteiger partial charge in [-0.15, -0.1) is 0 Å². The number of urea groups is 1. The predicted octanol–water partition coefficient (Wildman–Crippen LogP) is 1.64. The molecule has 0 bridgehead atoms. The van der Waals surface area contributed by atoms with E-state index < -0.39 is 18.0 Å². The maximum atomic E-state index is 12.8. The Morgan fingerprint density at radius 2 is 2.00 bits per heavy atom. The van der Waals surface area contributed by atoms with Crippen LogP contribution < -0.4 is 16.0 Å². The van der Waals surface area contributed by atoms with Crippen molar-refractivity contribution in [3.05, 3.63) is 64.7 Å². The molecule has 2 aromatic rings. The van der Waals surface area contributed by atoms with Crippen molar-refractivity contribution in [1.29, 1.82) is 5.26 Å². The molecule has 9 nitrogen and oxygen atoms in total. The van der Waals surface area contributed by atoms with E-state index in [2.05, 4.69) is 16.0 Å². The molecule has 1 atom stereocenters. The maximum Gasteiger partial charge on any atom is 0.319 e. The highest BCUT2D eigenvalue weighted by molar-refractivity contribution is 6.05. The average molecular weight is 417 g/mol. The van der Waals surface area contributed by atoms with Gasteiger partial charge in [0.05, 0.1) is 11.6 Å². The Morgan fingerprint density at radius 3 is 2.77 bits per heavy atom. The molecule has 2 aliphatic heterocycles. The van der Waals surface area contributed by atoms with E-state index in [0.717, 1.165) is 11.1 Å². The van der Waals surface area contributed by atoms with Crippen LogP contribution in [0.5, 0.6) is 0 Å². The van der Waals surface area contributed by atoms with E-state index in [1.165, 1.54) is 4.90 Å². The number of carbonyl (C=O) groups excluding carboxylic acids is 4. The first-order chi connectivity index (χ1) is 15.0. The molecule has 2 aromatic carbocycles. The van der Waals surface area contributed by atoms with Crippen LogP contribution in [0.1, 0.15) is 39.9 Å². The minimum atomic E-state index is -0.686. The summed E-state index contributed by atoms with van der Waals surface area (Å²) in [5.74, 6) is -1.05. The van der Waals surface area contributed by atoms with E-state index in [-0.39, 0.29) is 31.3 Å². The SMILES string of the molecule is N#Cc1cccc(NC(=O)NCc2cccc3c2CN(C2CCC(=O)NC2=O)C3=O)c1. The number of benzene rings is 2. The highest BCUT2D eigenvalue weighted by atomic mass is 16.2.